The lowest BCUT2D eigenvalue weighted by atomic mass is 10.2. The van der Waals surface area contributed by atoms with Crippen LogP contribution in [0.25, 0.3) is 0 Å². The van der Waals surface area contributed by atoms with Gasteiger partial charge in [0.15, 0.2) is 0 Å². The van der Waals surface area contributed by atoms with Crippen LogP contribution in [0.1, 0.15) is 6.42 Å². The topological polar surface area (TPSA) is 48.0 Å². The summed E-state index contributed by atoms with van der Waals surface area (Å²) in [5, 5.41) is 0. The normalized spacial score (nSPS) is 21.4. The van der Waals surface area contributed by atoms with Crippen LogP contribution in [-0.2, 0) is 19.0 Å². The second-order valence-electron chi connectivity index (χ2n) is 4.17. The van der Waals surface area contributed by atoms with Crippen LogP contribution in [0, 0.1) is 0 Å². The summed E-state index contributed by atoms with van der Waals surface area (Å²) in [5.41, 5.74) is 0. The number of nitrogens with zero attached hydrogens (tertiary/aromatic N) is 1. The van der Waals surface area contributed by atoms with E-state index in [1.165, 1.54) is 7.11 Å². The van der Waals surface area contributed by atoms with E-state index in [0.717, 1.165) is 0 Å². The maximum atomic E-state index is 11.8. The van der Waals surface area contributed by atoms with E-state index < -0.39 is 24.8 Å². The molecule has 0 aromatic heterocycles. The number of carbonyl (C=O) groups excluding carboxylic acids is 1. The summed E-state index contributed by atoms with van der Waals surface area (Å²) in [6.07, 6.45) is -3.88. The van der Waals surface area contributed by atoms with Crippen LogP contribution in [-0.4, -0.2) is 69.7 Å². The molecule has 1 heterocycles. The first-order chi connectivity index (χ1) is 8.94. The number of esters is 1. The number of ether oxygens (including phenoxy) is 3. The van der Waals surface area contributed by atoms with Gasteiger partial charge in [-0.05, 0) is 6.42 Å². The van der Waals surface area contributed by atoms with Gasteiger partial charge in [-0.2, -0.15) is 13.2 Å². The average molecular weight is 285 g/mol. The van der Waals surface area contributed by atoms with E-state index in [1.807, 2.05) is 4.90 Å². The van der Waals surface area contributed by atoms with Crippen molar-refractivity contribution in [2.75, 3.05) is 46.6 Å². The molecule has 5 nitrogen and oxygen atoms in total. The van der Waals surface area contributed by atoms with Crippen LogP contribution in [0.2, 0.25) is 0 Å². The molecule has 0 aliphatic carbocycles. The predicted octanol–water partition coefficient (Wildman–Crippen LogP) is 0.829. The first-order valence-corrected chi connectivity index (χ1v) is 5.98. The van der Waals surface area contributed by atoms with E-state index in [0.29, 0.717) is 26.1 Å². The van der Waals surface area contributed by atoms with Crippen molar-refractivity contribution >= 4 is 5.97 Å². The lowest BCUT2D eigenvalue weighted by Gasteiger charge is -2.33. The predicted molar refractivity (Wildman–Crippen MR) is 59.7 cm³/mol. The summed E-state index contributed by atoms with van der Waals surface area (Å²) in [6, 6.07) is -0.485. The Morgan fingerprint density at radius 1 is 1.47 bits per heavy atom. The molecule has 1 aliphatic heterocycles. The number of morpholine rings is 1. The molecule has 1 atom stereocenters. The Hall–Kier alpha value is -0.860. The summed E-state index contributed by atoms with van der Waals surface area (Å²) in [7, 11) is 1.29. The van der Waals surface area contributed by atoms with Crippen molar-refractivity contribution in [3.8, 4) is 0 Å². The Kier molecular flexibility index (Phi) is 6.53. The Labute approximate surface area is 109 Å². The third-order valence-corrected chi connectivity index (χ3v) is 2.71. The van der Waals surface area contributed by atoms with E-state index in [1.54, 1.807) is 0 Å². The number of rotatable bonds is 6. The molecule has 112 valence electrons. The fourth-order valence-corrected chi connectivity index (χ4v) is 1.82. The number of carbonyl (C=O) groups is 1. The molecule has 0 amide bonds. The Morgan fingerprint density at radius 2 is 2.21 bits per heavy atom. The van der Waals surface area contributed by atoms with Crippen molar-refractivity contribution in [1.82, 2.24) is 4.90 Å². The molecule has 0 bridgehead atoms. The molecule has 0 N–H and O–H groups in total. The van der Waals surface area contributed by atoms with Gasteiger partial charge < -0.3 is 14.2 Å². The van der Waals surface area contributed by atoms with Crippen LogP contribution < -0.4 is 0 Å². The van der Waals surface area contributed by atoms with Gasteiger partial charge in [0.2, 0.25) is 0 Å². The van der Waals surface area contributed by atoms with E-state index >= 15 is 0 Å². The van der Waals surface area contributed by atoms with Crippen LogP contribution >= 0.6 is 0 Å². The second-order valence-corrected chi connectivity index (χ2v) is 4.17. The van der Waals surface area contributed by atoms with Gasteiger partial charge in [0.05, 0.1) is 20.3 Å². The Bertz CT molecular complexity index is 286. The summed E-state index contributed by atoms with van der Waals surface area (Å²) >= 11 is 0. The van der Waals surface area contributed by atoms with Gasteiger partial charge in [0, 0.05) is 19.7 Å². The van der Waals surface area contributed by atoms with Gasteiger partial charge in [-0.1, -0.05) is 0 Å². The van der Waals surface area contributed by atoms with E-state index in [2.05, 4.69) is 9.47 Å². The highest BCUT2D eigenvalue weighted by atomic mass is 19.4. The SMILES string of the molecule is COC(=O)C1COCCN1CCCOCC(F)(F)F. The Morgan fingerprint density at radius 3 is 2.84 bits per heavy atom. The molecule has 0 radical (unpaired) electrons. The van der Waals surface area contributed by atoms with Crippen molar-refractivity contribution in [1.29, 1.82) is 0 Å². The van der Waals surface area contributed by atoms with E-state index in [4.69, 9.17) is 4.74 Å². The average Bonchev–Trinajstić information content (AvgIpc) is 2.36. The third-order valence-electron chi connectivity index (χ3n) is 2.71. The number of methoxy groups -OCH3 is 1. The first-order valence-electron chi connectivity index (χ1n) is 5.98. The van der Waals surface area contributed by atoms with Gasteiger partial charge in [-0.15, -0.1) is 0 Å². The zero-order valence-electron chi connectivity index (χ0n) is 10.7. The molecule has 0 aromatic rings. The van der Waals surface area contributed by atoms with Gasteiger partial charge >= 0.3 is 12.1 Å². The molecule has 0 aromatic carbocycles. The molecule has 8 heteroatoms. The summed E-state index contributed by atoms with van der Waals surface area (Å²) in [4.78, 5) is 13.3. The standard InChI is InChI=1S/C11H18F3NO4/c1-17-10(16)9-7-18-6-4-15(9)3-2-5-19-8-11(12,13)14/h9H,2-8H2,1H3. The first kappa shape index (κ1) is 16.2. The highest BCUT2D eigenvalue weighted by molar-refractivity contribution is 5.75. The lowest BCUT2D eigenvalue weighted by molar-refractivity contribution is -0.174. The molecule has 0 saturated carbocycles. The number of hydrogen-bond donors (Lipinski definition) is 0. The number of hydrogen-bond acceptors (Lipinski definition) is 5. The quantitative estimate of drug-likeness (QED) is 0.534. The molecular formula is C11H18F3NO4. The number of halogens is 3. The van der Waals surface area contributed by atoms with E-state index in [9.17, 15) is 18.0 Å². The van der Waals surface area contributed by atoms with Crippen molar-refractivity contribution in [2.45, 2.75) is 18.6 Å². The molecule has 1 aliphatic rings. The monoisotopic (exact) mass is 285 g/mol. The minimum absolute atomic E-state index is 0.00472. The zero-order chi connectivity index (χ0) is 14.3. The molecule has 1 saturated heterocycles. The minimum Gasteiger partial charge on any atom is -0.468 e. The third kappa shape index (κ3) is 6.22. The van der Waals surface area contributed by atoms with Gasteiger partial charge in [0.1, 0.15) is 12.6 Å². The summed E-state index contributed by atoms with van der Waals surface area (Å²) < 4.78 is 49.9. The molecule has 1 rings (SSSR count). The van der Waals surface area contributed by atoms with Crippen LogP contribution in [0.15, 0.2) is 0 Å². The molecule has 19 heavy (non-hydrogen) atoms. The van der Waals surface area contributed by atoms with Crippen LogP contribution in [0.3, 0.4) is 0 Å². The Balaban J connectivity index is 2.24. The molecule has 0 spiro atoms. The van der Waals surface area contributed by atoms with Crippen LogP contribution in [0.4, 0.5) is 13.2 Å². The van der Waals surface area contributed by atoms with Gasteiger partial charge in [0.25, 0.3) is 0 Å². The fraction of sp³-hybridized carbons (Fsp3) is 0.909. The zero-order valence-corrected chi connectivity index (χ0v) is 10.7. The van der Waals surface area contributed by atoms with Gasteiger partial charge in [-0.25, -0.2) is 0 Å². The molecule has 1 unspecified atom stereocenters. The summed E-state index contributed by atoms with van der Waals surface area (Å²) in [6.45, 7) is 0.536. The van der Waals surface area contributed by atoms with Crippen molar-refractivity contribution in [3.05, 3.63) is 0 Å². The highest BCUT2D eigenvalue weighted by Gasteiger charge is 2.30. The molecular weight excluding hydrogens is 267 g/mol. The minimum atomic E-state index is -4.30. The lowest BCUT2D eigenvalue weighted by Crippen LogP contribution is -2.50. The smallest absolute Gasteiger partial charge is 0.411 e. The van der Waals surface area contributed by atoms with Crippen molar-refractivity contribution in [3.63, 3.8) is 0 Å². The maximum Gasteiger partial charge on any atom is 0.411 e. The largest absolute Gasteiger partial charge is 0.468 e. The summed E-state index contributed by atoms with van der Waals surface area (Å²) in [5.74, 6) is -0.393. The second kappa shape index (κ2) is 7.66. The highest BCUT2D eigenvalue weighted by Crippen LogP contribution is 2.14. The van der Waals surface area contributed by atoms with Crippen molar-refractivity contribution < 1.29 is 32.2 Å². The van der Waals surface area contributed by atoms with Crippen molar-refractivity contribution in [2.24, 2.45) is 0 Å². The maximum absolute atomic E-state index is 11.8. The molecule has 1 fully saturated rings. The number of alkyl halides is 3. The van der Waals surface area contributed by atoms with E-state index in [-0.39, 0.29) is 13.2 Å². The van der Waals surface area contributed by atoms with Gasteiger partial charge in [-0.3, -0.25) is 9.69 Å². The fourth-order valence-electron chi connectivity index (χ4n) is 1.82. The van der Waals surface area contributed by atoms with Crippen LogP contribution in [0.5, 0.6) is 0 Å².